The maximum atomic E-state index is 5.78. The van der Waals surface area contributed by atoms with Gasteiger partial charge in [0.05, 0.1) is 7.11 Å². The van der Waals surface area contributed by atoms with Gasteiger partial charge in [0.2, 0.25) is 0 Å². The van der Waals surface area contributed by atoms with Crippen molar-refractivity contribution in [1.29, 1.82) is 0 Å². The first-order valence-electron chi connectivity index (χ1n) is 5.74. The van der Waals surface area contributed by atoms with E-state index in [0.717, 1.165) is 16.9 Å². The molecule has 0 saturated heterocycles. The minimum atomic E-state index is 0.373. The summed E-state index contributed by atoms with van der Waals surface area (Å²) in [5.41, 5.74) is 1.80. The summed E-state index contributed by atoms with van der Waals surface area (Å²) in [7, 11) is 1.63. The van der Waals surface area contributed by atoms with Crippen LogP contribution in [0.2, 0.25) is 5.02 Å². The lowest BCUT2D eigenvalue weighted by atomic mass is 10.2. The molecule has 2 rings (SSSR count). The molecule has 0 unspecified atom stereocenters. The number of halogens is 1. The van der Waals surface area contributed by atoms with Gasteiger partial charge < -0.3 is 9.57 Å². The zero-order chi connectivity index (χ0) is 13.5. The van der Waals surface area contributed by atoms with Crippen LogP contribution in [0.15, 0.2) is 53.7 Å². The summed E-state index contributed by atoms with van der Waals surface area (Å²) in [6.45, 7) is 0.373. The van der Waals surface area contributed by atoms with E-state index in [9.17, 15) is 0 Å². The molecule has 0 aliphatic heterocycles. The van der Waals surface area contributed by atoms with Gasteiger partial charge in [0.25, 0.3) is 0 Å². The lowest BCUT2D eigenvalue weighted by Gasteiger charge is -2.02. The Bertz CT molecular complexity index is 552. The van der Waals surface area contributed by atoms with E-state index in [1.165, 1.54) is 0 Å². The molecular formula is C15H13ClNO2. The Morgan fingerprint density at radius 3 is 2.68 bits per heavy atom. The molecule has 0 atom stereocenters. The lowest BCUT2D eigenvalue weighted by Crippen LogP contribution is -1.90. The summed E-state index contributed by atoms with van der Waals surface area (Å²) >= 11 is 5.78. The predicted octanol–water partition coefficient (Wildman–Crippen LogP) is 3.78. The van der Waals surface area contributed by atoms with Crippen molar-refractivity contribution >= 4 is 17.8 Å². The molecule has 0 heterocycles. The molecule has 0 bridgehead atoms. The molecule has 0 amide bonds. The minimum absolute atomic E-state index is 0.373. The molecular weight excluding hydrogens is 262 g/mol. The van der Waals surface area contributed by atoms with Gasteiger partial charge in [0, 0.05) is 10.6 Å². The molecule has 0 N–H and O–H groups in total. The molecule has 0 aliphatic carbocycles. The SMILES string of the molecule is COc1cccc(CO/N=[C]\c2ccc(Cl)cc2)c1. The zero-order valence-corrected chi connectivity index (χ0v) is 11.2. The van der Waals surface area contributed by atoms with Crippen molar-refractivity contribution in [2.75, 3.05) is 7.11 Å². The van der Waals surface area contributed by atoms with Crippen LogP contribution in [-0.4, -0.2) is 13.3 Å². The van der Waals surface area contributed by atoms with E-state index in [-0.39, 0.29) is 0 Å². The largest absolute Gasteiger partial charge is 0.497 e. The molecule has 0 fully saturated rings. The van der Waals surface area contributed by atoms with Gasteiger partial charge in [0.15, 0.2) is 0 Å². The van der Waals surface area contributed by atoms with Gasteiger partial charge in [-0.1, -0.05) is 41.0 Å². The Labute approximate surface area is 117 Å². The molecule has 0 aliphatic rings. The number of ether oxygens (including phenoxy) is 1. The van der Waals surface area contributed by atoms with Crippen LogP contribution in [0.3, 0.4) is 0 Å². The number of nitrogens with zero attached hydrogens (tertiary/aromatic N) is 1. The van der Waals surface area contributed by atoms with Gasteiger partial charge in [-0.2, -0.15) is 0 Å². The highest BCUT2D eigenvalue weighted by Gasteiger charge is 1.96. The van der Waals surface area contributed by atoms with Crippen molar-refractivity contribution in [1.82, 2.24) is 0 Å². The van der Waals surface area contributed by atoms with E-state index < -0.39 is 0 Å². The number of benzene rings is 2. The van der Waals surface area contributed by atoms with Crippen LogP contribution in [-0.2, 0) is 11.4 Å². The van der Waals surface area contributed by atoms with Crippen molar-refractivity contribution in [3.8, 4) is 5.75 Å². The van der Waals surface area contributed by atoms with Crippen LogP contribution in [0.4, 0.5) is 0 Å². The highest BCUT2D eigenvalue weighted by molar-refractivity contribution is 6.30. The monoisotopic (exact) mass is 274 g/mol. The third-order valence-electron chi connectivity index (χ3n) is 2.45. The molecule has 4 heteroatoms. The van der Waals surface area contributed by atoms with E-state index in [1.807, 2.05) is 36.4 Å². The summed E-state index contributed by atoms with van der Waals surface area (Å²) in [6, 6.07) is 14.8. The first-order valence-corrected chi connectivity index (χ1v) is 6.12. The highest BCUT2D eigenvalue weighted by Crippen LogP contribution is 2.13. The second kappa shape index (κ2) is 6.81. The van der Waals surface area contributed by atoms with Crippen molar-refractivity contribution in [2.45, 2.75) is 6.61 Å². The Balaban J connectivity index is 1.87. The van der Waals surface area contributed by atoms with E-state index >= 15 is 0 Å². The van der Waals surface area contributed by atoms with Crippen LogP contribution < -0.4 is 4.74 Å². The first kappa shape index (κ1) is 13.4. The Morgan fingerprint density at radius 1 is 1.16 bits per heavy atom. The fourth-order valence-corrected chi connectivity index (χ4v) is 1.60. The second-order valence-electron chi connectivity index (χ2n) is 3.83. The van der Waals surface area contributed by atoms with E-state index in [0.29, 0.717) is 11.6 Å². The average molecular weight is 275 g/mol. The fourth-order valence-electron chi connectivity index (χ4n) is 1.48. The normalized spacial score (nSPS) is 10.6. The van der Waals surface area contributed by atoms with Gasteiger partial charge in [-0.3, -0.25) is 0 Å². The van der Waals surface area contributed by atoms with Gasteiger partial charge >= 0.3 is 0 Å². The summed E-state index contributed by atoms with van der Waals surface area (Å²) in [5, 5.41) is 4.47. The van der Waals surface area contributed by atoms with E-state index in [2.05, 4.69) is 11.4 Å². The van der Waals surface area contributed by atoms with Crippen molar-refractivity contribution < 1.29 is 9.57 Å². The third kappa shape index (κ3) is 4.30. The molecule has 0 spiro atoms. The molecule has 2 aromatic rings. The van der Waals surface area contributed by atoms with Gasteiger partial charge in [0.1, 0.15) is 18.6 Å². The third-order valence-corrected chi connectivity index (χ3v) is 2.70. The van der Waals surface area contributed by atoms with Crippen LogP contribution in [0.1, 0.15) is 11.1 Å². The fraction of sp³-hybridized carbons (Fsp3) is 0.133. The van der Waals surface area contributed by atoms with E-state index in [1.54, 1.807) is 19.2 Å². The number of rotatable bonds is 5. The molecule has 0 aromatic heterocycles. The summed E-state index contributed by atoms with van der Waals surface area (Å²) in [4.78, 5) is 5.18. The summed E-state index contributed by atoms with van der Waals surface area (Å²) < 4.78 is 5.13. The molecule has 3 nitrogen and oxygen atoms in total. The predicted molar refractivity (Wildman–Crippen MR) is 75.8 cm³/mol. The second-order valence-corrected chi connectivity index (χ2v) is 4.27. The van der Waals surface area contributed by atoms with Gasteiger partial charge in [-0.05, 0) is 29.8 Å². The maximum Gasteiger partial charge on any atom is 0.142 e. The summed E-state index contributed by atoms with van der Waals surface area (Å²) in [6.07, 6.45) is 2.78. The molecule has 2 aromatic carbocycles. The van der Waals surface area contributed by atoms with Crippen LogP contribution in [0, 0.1) is 0 Å². The first-order chi connectivity index (χ1) is 9.28. The Morgan fingerprint density at radius 2 is 1.95 bits per heavy atom. The van der Waals surface area contributed by atoms with Crippen LogP contribution >= 0.6 is 11.6 Å². The highest BCUT2D eigenvalue weighted by atomic mass is 35.5. The Hall–Kier alpha value is -2.00. The number of hydrogen-bond acceptors (Lipinski definition) is 3. The zero-order valence-electron chi connectivity index (χ0n) is 10.5. The minimum Gasteiger partial charge on any atom is -0.497 e. The molecule has 19 heavy (non-hydrogen) atoms. The standard InChI is InChI=1S/C15H13ClNO2/c1-18-15-4-2-3-13(9-15)11-19-17-10-12-5-7-14(16)8-6-12/h2-9H,11H2,1H3. The number of methoxy groups -OCH3 is 1. The van der Waals surface area contributed by atoms with Crippen LogP contribution in [0.25, 0.3) is 0 Å². The van der Waals surface area contributed by atoms with Crippen molar-refractivity contribution in [3.05, 3.63) is 64.7 Å². The van der Waals surface area contributed by atoms with Crippen molar-refractivity contribution in [2.24, 2.45) is 5.16 Å². The Kier molecular flexibility index (Phi) is 4.81. The molecule has 0 saturated carbocycles. The lowest BCUT2D eigenvalue weighted by molar-refractivity contribution is 0.132. The van der Waals surface area contributed by atoms with Gasteiger partial charge in [-0.25, -0.2) is 0 Å². The summed E-state index contributed by atoms with van der Waals surface area (Å²) in [5.74, 6) is 0.798. The smallest absolute Gasteiger partial charge is 0.142 e. The quantitative estimate of drug-likeness (QED) is 0.614. The van der Waals surface area contributed by atoms with Crippen LogP contribution in [0.5, 0.6) is 5.75 Å². The molecule has 1 radical (unpaired) electrons. The number of hydrogen-bond donors (Lipinski definition) is 0. The molecule has 97 valence electrons. The maximum absolute atomic E-state index is 5.78. The average Bonchev–Trinajstić information content (AvgIpc) is 2.46. The van der Waals surface area contributed by atoms with Gasteiger partial charge in [-0.15, -0.1) is 0 Å². The van der Waals surface area contributed by atoms with Crippen molar-refractivity contribution in [3.63, 3.8) is 0 Å². The van der Waals surface area contributed by atoms with E-state index in [4.69, 9.17) is 21.2 Å². The topological polar surface area (TPSA) is 30.8 Å².